The molecule has 3 atom stereocenters. The number of likely N-dealkylation sites (tertiary alicyclic amines) is 1. The zero-order valence-electron chi connectivity index (χ0n) is 17.1. The molecule has 2 fully saturated rings. The number of nitrogens with zero attached hydrogens (tertiary/aromatic N) is 1. The van der Waals surface area contributed by atoms with Crippen molar-refractivity contribution in [3.05, 3.63) is 71.0 Å². The summed E-state index contributed by atoms with van der Waals surface area (Å²) in [5.74, 6) is -0.989. The number of carbonyl (C=O) groups excluding carboxylic acids is 2. The first-order valence-electron chi connectivity index (χ1n) is 10.5. The van der Waals surface area contributed by atoms with Crippen molar-refractivity contribution in [2.24, 2.45) is 17.4 Å². The number of urea groups is 1. The first kappa shape index (κ1) is 21.3. The van der Waals surface area contributed by atoms with E-state index in [0.717, 1.165) is 22.6 Å². The van der Waals surface area contributed by atoms with E-state index in [9.17, 15) is 14.7 Å². The maximum Gasteiger partial charge on any atom is 0.316 e. The fourth-order valence-corrected chi connectivity index (χ4v) is 4.50. The zero-order chi connectivity index (χ0) is 22.2. The SMILES string of the molecule is NC(=O)N1CC(O)CC1(C(N)=O)c1cc(C(NCC2CC2)c2ccccc2)ccc1F. The van der Waals surface area contributed by atoms with Crippen molar-refractivity contribution < 1.29 is 19.1 Å². The average molecular weight is 426 g/mol. The molecule has 0 aromatic heterocycles. The van der Waals surface area contributed by atoms with Crippen LogP contribution in [0.1, 0.15) is 42.0 Å². The second-order valence-corrected chi connectivity index (χ2v) is 8.47. The molecular formula is C23H27FN4O3. The lowest BCUT2D eigenvalue weighted by Crippen LogP contribution is -2.55. The van der Waals surface area contributed by atoms with Crippen LogP contribution in [0.3, 0.4) is 0 Å². The quantitative estimate of drug-likeness (QED) is 0.539. The van der Waals surface area contributed by atoms with Crippen LogP contribution in [0.4, 0.5) is 9.18 Å². The number of nitrogens with one attached hydrogen (secondary N) is 1. The molecule has 1 aliphatic carbocycles. The van der Waals surface area contributed by atoms with Crippen molar-refractivity contribution in [2.45, 2.75) is 36.9 Å². The third kappa shape index (κ3) is 4.00. The van der Waals surface area contributed by atoms with Crippen molar-refractivity contribution >= 4 is 11.9 Å². The van der Waals surface area contributed by atoms with Gasteiger partial charge in [0.1, 0.15) is 5.82 Å². The number of β-amino-alcohol motifs (C(OH)–C–C–N with tert-alkyl or cyclic N) is 1. The molecule has 0 radical (unpaired) electrons. The van der Waals surface area contributed by atoms with Gasteiger partial charge in [-0.2, -0.15) is 0 Å². The molecule has 2 aromatic rings. The fraction of sp³-hybridized carbons (Fsp3) is 0.391. The zero-order valence-corrected chi connectivity index (χ0v) is 17.1. The molecular weight excluding hydrogens is 399 g/mol. The summed E-state index contributed by atoms with van der Waals surface area (Å²) >= 11 is 0. The molecule has 3 amide bonds. The second kappa shape index (κ2) is 8.28. The van der Waals surface area contributed by atoms with Gasteiger partial charge in [-0.25, -0.2) is 9.18 Å². The minimum Gasteiger partial charge on any atom is -0.391 e. The number of hydrogen-bond acceptors (Lipinski definition) is 4. The Balaban J connectivity index is 1.80. The summed E-state index contributed by atoms with van der Waals surface area (Å²) in [6.45, 7) is 0.628. The molecule has 164 valence electrons. The lowest BCUT2D eigenvalue weighted by molar-refractivity contribution is -0.128. The van der Waals surface area contributed by atoms with E-state index in [2.05, 4.69) is 5.32 Å². The molecule has 31 heavy (non-hydrogen) atoms. The first-order chi connectivity index (χ1) is 14.8. The Morgan fingerprint density at radius 2 is 1.87 bits per heavy atom. The molecule has 3 unspecified atom stereocenters. The van der Waals surface area contributed by atoms with Crippen LogP contribution >= 0.6 is 0 Å². The Morgan fingerprint density at radius 1 is 1.16 bits per heavy atom. The topological polar surface area (TPSA) is 122 Å². The van der Waals surface area contributed by atoms with Crippen molar-refractivity contribution in [3.8, 4) is 0 Å². The van der Waals surface area contributed by atoms with Gasteiger partial charge < -0.3 is 26.8 Å². The molecule has 6 N–H and O–H groups in total. The van der Waals surface area contributed by atoms with Gasteiger partial charge in [0, 0.05) is 18.5 Å². The van der Waals surface area contributed by atoms with Crippen LogP contribution in [-0.2, 0) is 10.3 Å². The van der Waals surface area contributed by atoms with E-state index in [0.29, 0.717) is 5.92 Å². The normalized spacial score (nSPS) is 24.2. The van der Waals surface area contributed by atoms with Crippen LogP contribution in [0.2, 0.25) is 0 Å². The second-order valence-electron chi connectivity index (χ2n) is 8.47. The maximum atomic E-state index is 15.1. The third-order valence-corrected chi connectivity index (χ3v) is 6.27. The van der Waals surface area contributed by atoms with E-state index in [4.69, 9.17) is 11.5 Å². The molecule has 2 aromatic carbocycles. The lowest BCUT2D eigenvalue weighted by atomic mass is 9.83. The summed E-state index contributed by atoms with van der Waals surface area (Å²) < 4.78 is 15.1. The highest BCUT2D eigenvalue weighted by atomic mass is 19.1. The van der Waals surface area contributed by atoms with Crippen LogP contribution in [0.5, 0.6) is 0 Å². The Morgan fingerprint density at radius 3 is 2.48 bits per heavy atom. The standard InChI is InChI=1S/C23H27FN4O3/c24-19-9-8-16(20(27-12-14-6-7-14)15-4-2-1-3-5-15)10-18(19)23(21(25)30)11-17(29)13-28(23)22(26)31/h1-5,8-10,14,17,20,27,29H,6-7,11-13H2,(H2,25,30)(H2,26,31). The van der Waals surface area contributed by atoms with Crippen molar-refractivity contribution in [1.29, 1.82) is 0 Å². The number of nitrogens with two attached hydrogens (primary N) is 2. The molecule has 0 bridgehead atoms. The van der Waals surface area contributed by atoms with Crippen molar-refractivity contribution in [3.63, 3.8) is 0 Å². The minimum atomic E-state index is -1.84. The maximum absolute atomic E-state index is 15.1. The highest BCUT2D eigenvalue weighted by Gasteiger charge is 2.54. The average Bonchev–Trinajstić information content (AvgIpc) is 3.50. The van der Waals surface area contributed by atoms with Gasteiger partial charge in [-0.1, -0.05) is 36.4 Å². The third-order valence-electron chi connectivity index (χ3n) is 6.27. The van der Waals surface area contributed by atoms with Gasteiger partial charge in [0.2, 0.25) is 5.91 Å². The molecule has 8 heteroatoms. The molecule has 1 heterocycles. The molecule has 7 nitrogen and oxygen atoms in total. The van der Waals surface area contributed by atoms with E-state index in [1.54, 1.807) is 12.1 Å². The van der Waals surface area contributed by atoms with Gasteiger partial charge in [0.15, 0.2) is 5.54 Å². The predicted molar refractivity (Wildman–Crippen MR) is 113 cm³/mol. The van der Waals surface area contributed by atoms with Crippen LogP contribution in [-0.4, -0.2) is 41.1 Å². The molecule has 4 rings (SSSR count). The molecule has 0 spiro atoms. The highest BCUT2D eigenvalue weighted by molar-refractivity contribution is 5.91. The number of rotatable bonds is 7. The number of benzene rings is 2. The molecule has 2 aliphatic rings. The highest BCUT2D eigenvalue weighted by Crippen LogP contribution is 2.41. The van der Waals surface area contributed by atoms with Gasteiger partial charge in [0.25, 0.3) is 0 Å². The largest absolute Gasteiger partial charge is 0.391 e. The Hall–Kier alpha value is -2.97. The summed E-state index contributed by atoms with van der Waals surface area (Å²) in [4.78, 5) is 25.6. The number of aliphatic hydroxyl groups excluding tert-OH is 1. The van der Waals surface area contributed by atoms with E-state index < -0.39 is 29.4 Å². The van der Waals surface area contributed by atoms with Gasteiger partial charge in [0.05, 0.1) is 12.1 Å². The van der Waals surface area contributed by atoms with E-state index >= 15 is 4.39 Å². The smallest absolute Gasteiger partial charge is 0.316 e. The summed E-state index contributed by atoms with van der Waals surface area (Å²) in [5.41, 5.74) is 11.0. The van der Waals surface area contributed by atoms with Crippen LogP contribution in [0, 0.1) is 11.7 Å². The van der Waals surface area contributed by atoms with Crippen LogP contribution in [0.25, 0.3) is 0 Å². The predicted octanol–water partition coefficient (Wildman–Crippen LogP) is 1.74. The number of primary amides is 2. The van der Waals surface area contributed by atoms with Crippen LogP contribution < -0.4 is 16.8 Å². The number of hydrogen-bond donors (Lipinski definition) is 4. The lowest BCUT2D eigenvalue weighted by Gasteiger charge is -2.35. The van der Waals surface area contributed by atoms with Gasteiger partial charge >= 0.3 is 6.03 Å². The number of amides is 3. The molecule has 1 saturated carbocycles. The summed E-state index contributed by atoms with van der Waals surface area (Å²) in [6.07, 6.45) is 1.11. The minimum absolute atomic E-state index is 0.0537. The summed E-state index contributed by atoms with van der Waals surface area (Å²) in [7, 11) is 0. The van der Waals surface area contributed by atoms with E-state index in [1.807, 2.05) is 30.3 Å². The van der Waals surface area contributed by atoms with E-state index in [-0.39, 0.29) is 24.6 Å². The molecule has 1 aliphatic heterocycles. The van der Waals surface area contributed by atoms with Gasteiger partial charge in [-0.15, -0.1) is 0 Å². The monoisotopic (exact) mass is 426 g/mol. The number of carbonyl (C=O) groups is 2. The molecule has 1 saturated heterocycles. The van der Waals surface area contributed by atoms with Gasteiger partial charge in [-0.3, -0.25) is 4.79 Å². The van der Waals surface area contributed by atoms with Crippen molar-refractivity contribution in [2.75, 3.05) is 13.1 Å². The summed E-state index contributed by atoms with van der Waals surface area (Å²) in [6, 6.07) is 13.1. The number of halogens is 1. The van der Waals surface area contributed by atoms with Crippen molar-refractivity contribution in [1.82, 2.24) is 10.2 Å². The Bertz CT molecular complexity index is 982. The van der Waals surface area contributed by atoms with Gasteiger partial charge in [-0.05, 0) is 48.6 Å². The fourth-order valence-electron chi connectivity index (χ4n) is 4.50. The first-order valence-corrected chi connectivity index (χ1v) is 10.5. The Kier molecular flexibility index (Phi) is 5.68. The van der Waals surface area contributed by atoms with E-state index in [1.165, 1.54) is 18.9 Å². The Labute approximate surface area is 180 Å². The van der Waals surface area contributed by atoms with Crippen LogP contribution in [0.15, 0.2) is 48.5 Å². The number of aliphatic hydroxyl groups is 1. The summed E-state index contributed by atoms with van der Waals surface area (Å²) in [5, 5.41) is 13.7.